The van der Waals surface area contributed by atoms with Crippen LogP contribution < -0.4 is 10.2 Å². The summed E-state index contributed by atoms with van der Waals surface area (Å²) in [6.07, 6.45) is 4.83. The van der Waals surface area contributed by atoms with Crippen molar-refractivity contribution >= 4 is 28.5 Å². The fraction of sp³-hybridized carbons (Fsp3) is 0.238. The molecule has 1 aliphatic heterocycles. The molecule has 1 saturated heterocycles. The topological polar surface area (TPSA) is 71.8 Å². The monoisotopic (exact) mass is 423 g/mol. The van der Waals surface area contributed by atoms with Crippen LogP contribution in [0.4, 0.5) is 10.2 Å². The molecule has 0 spiro atoms. The average molecular weight is 424 g/mol. The summed E-state index contributed by atoms with van der Waals surface area (Å²) in [6, 6.07) is 8.65. The Morgan fingerprint density at radius 2 is 2.07 bits per heavy atom. The smallest absolute Gasteiger partial charge is 0.162 e. The van der Waals surface area contributed by atoms with Crippen LogP contribution >= 0.6 is 11.6 Å². The van der Waals surface area contributed by atoms with Gasteiger partial charge in [0.2, 0.25) is 0 Å². The lowest BCUT2D eigenvalue weighted by Crippen LogP contribution is -2.50. The summed E-state index contributed by atoms with van der Waals surface area (Å²) in [5.74, 6) is 0.978. The SMILES string of the molecule is C[C@H]1CNCCN1c1ncnc2c1c(-c1ccccc1F)cn2-c1cc(Cl)cnn1. The molecule has 152 valence electrons. The van der Waals surface area contributed by atoms with Gasteiger partial charge >= 0.3 is 0 Å². The van der Waals surface area contributed by atoms with Crippen molar-refractivity contribution in [2.45, 2.75) is 13.0 Å². The molecule has 4 aromatic rings. The zero-order valence-corrected chi connectivity index (χ0v) is 17.0. The Morgan fingerprint density at radius 1 is 1.20 bits per heavy atom. The fourth-order valence-corrected chi connectivity index (χ4v) is 4.07. The van der Waals surface area contributed by atoms with Gasteiger partial charge in [0.15, 0.2) is 11.5 Å². The lowest BCUT2D eigenvalue weighted by molar-refractivity contribution is 0.498. The number of benzene rings is 1. The molecule has 5 rings (SSSR count). The van der Waals surface area contributed by atoms with Gasteiger partial charge in [-0.15, -0.1) is 5.10 Å². The quantitative estimate of drug-likeness (QED) is 0.544. The molecule has 0 radical (unpaired) electrons. The molecule has 9 heteroatoms. The maximum atomic E-state index is 14.8. The number of aromatic nitrogens is 5. The van der Waals surface area contributed by atoms with Crippen molar-refractivity contribution < 1.29 is 4.39 Å². The van der Waals surface area contributed by atoms with Crippen molar-refractivity contribution in [1.29, 1.82) is 0 Å². The highest BCUT2D eigenvalue weighted by Gasteiger charge is 2.26. The molecule has 4 heterocycles. The van der Waals surface area contributed by atoms with Crippen molar-refractivity contribution in [1.82, 2.24) is 30.0 Å². The predicted molar refractivity (Wildman–Crippen MR) is 115 cm³/mol. The zero-order chi connectivity index (χ0) is 20.7. The Bertz CT molecular complexity index is 1230. The molecule has 30 heavy (non-hydrogen) atoms. The van der Waals surface area contributed by atoms with E-state index in [4.69, 9.17) is 11.6 Å². The van der Waals surface area contributed by atoms with Crippen LogP contribution in [-0.4, -0.2) is 50.4 Å². The molecule has 1 N–H and O–H groups in total. The van der Waals surface area contributed by atoms with E-state index in [2.05, 4.69) is 37.3 Å². The minimum atomic E-state index is -0.308. The van der Waals surface area contributed by atoms with E-state index in [1.165, 1.54) is 18.6 Å². The minimum absolute atomic E-state index is 0.236. The lowest BCUT2D eigenvalue weighted by atomic mass is 10.0. The van der Waals surface area contributed by atoms with E-state index < -0.39 is 0 Å². The number of rotatable bonds is 3. The first-order valence-electron chi connectivity index (χ1n) is 9.70. The summed E-state index contributed by atoms with van der Waals surface area (Å²) in [7, 11) is 0. The van der Waals surface area contributed by atoms with Crippen LogP contribution in [0.2, 0.25) is 5.02 Å². The Balaban J connectivity index is 1.82. The molecule has 1 fully saturated rings. The van der Waals surface area contributed by atoms with E-state index in [0.29, 0.717) is 27.6 Å². The number of anilines is 1. The van der Waals surface area contributed by atoms with Crippen LogP contribution in [0.25, 0.3) is 28.0 Å². The van der Waals surface area contributed by atoms with Crippen LogP contribution in [-0.2, 0) is 0 Å². The Morgan fingerprint density at radius 3 is 2.87 bits per heavy atom. The summed E-state index contributed by atoms with van der Waals surface area (Å²) >= 11 is 6.14. The summed E-state index contributed by atoms with van der Waals surface area (Å²) in [5, 5.41) is 12.8. The number of nitrogens with zero attached hydrogens (tertiary/aromatic N) is 6. The third-order valence-corrected chi connectivity index (χ3v) is 5.56. The summed E-state index contributed by atoms with van der Waals surface area (Å²) in [4.78, 5) is 11.4. The number of hydrogen-bond acceptors (Lipinski definition) is 6. The van der Waals surface area contributed by atoms with E-state index in [-0.39, 0.29) is 11.9 Å². The van der Waals surface area contributed by atoms with Gasteiger partial charge in [-0.2, -0.15) is 5.10 Å². The molecule has 0 unspecified atom stereocenters. The second kappa shape index (κ2) is 7.62. The van der Waals surface area contributed by atoms with Gasteiger partial charge in [-0.25, -0.2) is 14.4 Å². The summed E-state index contributed by atoms with van der Waals surface area (Å²) in [6.45, 7) is 4.64. The van der Waals surface area contributed by atoms with Crippen molar-refractivity contribution in [3.63, 3.8) is 0 Å². The van der Waals surface area contributed by atoms with Gasteiger partial charge in [0.1, 0.15) is 18.0 Å². The summed E-state index contributed by atoms with van der Waals surface area (Å²) < 4.78 is 16.6. The largest absolute Gasteiger partial charge is 0.351 e. The number of fused-ring (bicyclic) bond motifs is 1. The summed E-state index contributed by atoms with van der Waals surface area (Å²) in [5.41, 5.74) is 1.81. The third kappa shape index (κ3) is 3.18. The molecule has 0 amide bonds. The molecule has 1 aliphatic rings. The normalized spacial score (nSPS) is 16.9. The molecule has 1 aromatic carbocycles. The molecule has 0 saturated carbocycles. The van der Waals surface area contributed by atoms with E-state index in [1.807, 2.05) is 12.3 Å². The van der Waals surface area contributed by atoms with Gasteiger partial charge < -0.3 is 10.2 Å². The van der Waals surface area contributed by atoms with E-state index >= 15 is 0 Å². The van der Waals surface area contributed by atoms with Crippen LogP contribution in [0.3, 0.4) is 0 Å². The van der Waals surface area contributed by atoms with Crippen molar-refractivity contribution in [3.8, 4) is 16.9 Å². The van der Waals surface area contributed by atoms with Gasteiger partial charge in [-0.1, -0.05) is 29.8 Å². The standard InChI is InChI=1S/C21H19ClFN7/c1-13-9-24-6-7-29(13)20-19-16(15-4-2-3-5-17(15)23)11-30(21(19)26-12-25-20)18-8-14(22)10-27-28-18/h2-5,8,10-13,24H,6-7,9H2,1H3/t13-/m0/s1. The second-order valence-corrected chi connectivity index (χ2v) is 7.70. The minimum Gasteiger partial charge on any atom is -0.351 e. The van der Waals surface area contributed by atoms with Gasteiger partial charge in [-0.05, 0) is 13.0 Å². The Kier molecular flexibility index (Phi) is 4.80. The van der Waals surface area contributed by atoms with Crippen molar-refractivity contribution in [3.05, 3.63) is 59.9 Å². The van der Waals surface area contributed by atoms with Crippen LogP contribution in [0, 0.1) is 5.82 Å². The van der Waals surface area contributed by atoms with Crippen molar-refractivity contribution in [2.75, 3.05) is 24.5 Å². The second-order valence-electron chi connectivity index (χ2n) is 7.27. The molecular formula is C21H19ClFN7. The highest BCUT2D eigenvalue weighted by atomic mass is 35.5. The highest BCUT2D eigenvalue weighted by molar-refractivity contribution is 6.30. The van der Waals surface area contributed by atoms with Gasteiger partial charge in [0.25, 0.3) is 0 Å². The van der Waals surface area contributed by atoms with E-state index in [1.54, 1.807) is 22.8 Å². The van der Waals surface area contributed by atoms with E-state index in [9.17, 15) is 4.39 Å². The molecule has 0 bridgehead atoms. The zero-order valence-electron chi connectivity index (χ0n) is 16.3. The van der Waals surface area contributed by atoms with Gasteiger partial charge in [-0.3, -0.25) is 4.57 Å². The molecule has 1 atom stereocenters. The first-order chi connectivity index (χ1) is 14.6. The predicted octanol–water partition coefficient (Wildman–Crippen LogP) is 3.47. The Hall–Kier alpha value is -3.10. The van der Waals surface area contributed by atoms with E-state index in [0.717, 1.165) is 30.8 Å². The fourth-order valence-electron chi connectivity index (χ4n) is 3.93. The lowest BCUT2D eigenvalue weighted by Gasteiger charge is -2.35. The van der Waals surface area contributed by atoms with Crippen molar-refractivity contribution in [2.24, 2.45) is 0 Å². The average Bonchev–Trinajstić information content (AvgIpc) is 3.14. The molecule has 0 aliphatic carbocycles. The van der Waals surface area contributed by atoms with Crippen LogP contribution in [0.1, 0.15) is 6.92 Å². The molecule has 3 aromatic heterocycles. The maximum absolute atomic E-state index is 14.8. The first-order valence-corrected chi connectivity index (χ1v) is 10.1. The first kappa shape index (κ1) is 18.9. The highest BCUT2D eigenvalue weighted by Crippen LogP contribution is 2.38. The van der Waals surface area contributed by atoms with Gasteiger partial charge in [0.05, 0.1) is 16.6 Å². The number of hydrogen-bond donors (Lipinski definition) is 1. The van der Waals surface area contributed by atoms with Gasteiger partial charge in [0, 0.05) is 49.1 Å². The maximum Gasteiger partial charge on any atom is 0.162 e. The number of piperazine rings is 1. The molecule has 7 nitrogen and oxygen atoms in total. The molecular weight excluding hydrogens is 405 g/mol. The Labute approximate surface area is 177 Å². The van der Waals surface area contributed by atoms with Crippen LogP contribution in [0.15, 0.2) is 49.1 Å². The van der Waals surface area contributed by atoms with Crippen LogP contribution in [0.5, 0.6) is 0 Å². The third-order valence-electron chi connectivity index (χ3n) is 5.36. The number of nitrogens with one attached hydrogen (secondary N) is 1. The number of halogens is 2.